The van der Waals surface area contributed by atoms with E-state index in [0.29, 0.717) is 0 Å². The highest BCUT2D eigenvalue weighted by molar-refractivity contribution is 6.18. The average molecular weight is 155 g/mol. The topological polar surface area (TPSA) is 0 Å². The van der Waals surface area contributed by atoms with Crippen molar-refractivity contribution in [2.45, 2.75) is 5.88 Å². The highest BCUT2D eigenvalue weighted by Crippen LogP contribution is 1.93. The fourth-order valence-electron chi connectivity index (χ4n) is 0. The van der Waals surface area contributed by atoms with Crippen LogP contribution in [0.4, 0.5) is 13.2 Å². The standard InChI is InChI=1S/CHClF2.CH2ClF/c2-1(3)4;2-1-3/h1H;1H2. The van der Waals surface area contributed by atoms with Crippen molar-refractivity contribution in [3.63, 3.8) is 0 Å². The van der Waals surface area contributed by atoms with Crippen LogP contribution in [-0.4, -0.2) is 12.0 Å². The van der Waals surface area contributed by atoms with Gasteiger partial charge in [-0.3, -0.25) is 0 Å². The van der Waals surface area contributed by atoms with Crippen molar-refractivity contribution in [2.75, 3.05) is 6.13 Å². The predicted molar refractivity (Wildman–Crippen MR) is 23.7 cm³/mol. The van der Waals surface area contributed by atoms with Gasteiger partial charge in [0.05, 0.1) is 0 Å². The Balaban J connectivity index is 0. The van der Waals surface area contributed by atoms with E-state index in [1.807, 2.05) is 0 Å². The largest absolute Gasteiger partial charge is 0.312 e. The number of hydrogen-bond acceptors (Lipinski definition) is 0. The molecule has 0 spiro atoms. The summed E-state index contributed by atoms with van der Waals surface area (Å²) in [6.45, 7) is 0. The van der Waals surface area contributed by atoms with E-state index in [1.54, 1.807) is 0 Å². The zero-order valence-electron chi connectivity index (χ0n) is 3.17. The summed E-state index contributed by atoms with van der Waals surface area (Å²) < 4.78 is 30.3. The second-order valence-electron chi connectivity index (χ2n) is 0.348. The Morgan fingerprint density at radius 2 is 1.43 bits per heavy atom. The van der Waals surface area contributed by atoms with Gasteiger partial charge in [0.25, 0.3) is 0 Å². The molecule has 0 aliphatic carbocycles. The molecular weight excluding hydrogens is 152 g/mol. The molecule has 0 nitrogen and oxygen atoms in total. The van der Waals surface area contributed by atoms with E-state index in [4.69, 9.17) is 0 Å². The summed E-state index contributed by atoms with van der Waals surface area (Å²) in [6, 6.07) is 0. The maximum atomic E-state index is 10.1. The van der Waals surface area contributed by atoms with E-state index in [2.05, 4.69) is 23.2 Å². The molecule has 0 unspecified atom stereocenters. The van der Waals surface area contributed by atoms with Crippen molar-refractivity contribution in [1.29, 1.82) is 0 Å². The van der Waals surface area contributed by atoms with Gasteiger partial charge in [-0.05, 0) is 0 Å². The van der Waals surface area contributed by atoms with Gasteiger partial charge in [0.2, 0.25) is 0 Å². The predicted octanol–water partition coefficient (Wildman–Crippen LogP) is 2.60. The van der Waals surface area contributed by atoms with Crippen LogP contribution in [0, 0.1) is 0 Å². The Morgan fingerprint density at radius 1 is 1.43 bits per heavy atom. The Bertz CT molecular complexity index is 22.1. The third-order valence-corrected chi connectivity index (χ3v) is 0. The first-order valence-electron chi connectivity index (χ1n) is 1.19. The van der Waals surface area contributed by atoms with Gasteiger partial charge in [-0.1, -0.05) is 23.2 Å². The molecule has 0 saturated carbocycles. The monoisotopic (exact) mass is 154 g/mol. The lowest BCUT2D eigenvalue weighted by molar-refractivity contribution is 0.243. The van der Waals surface area contributed by atoms with Crippen molar-refractivity contribution in [2.24, 2.45) is 0 Å². The van der Waals surface area contributed by atoms with Crippen molar-refractivity contribution >= 4 is 23.2 Å². The highest BCUT2D eigenvalue weighted by atomic mass is 35.5. The van der Waals surface area contributed by atoms with Crippen molar-refractivity contribution in [3.8, 4) is 0 Å². The third kappa shape index (κ3) is 889. The number of rotatable bonds is 0. The zero-order valence-corrected chi connectivity index (χ0v) is 4.69. The number of halogens is 5. The van der Waals surface area contributed by atoms with Gasteiger partial charge in [0.1, 0.15) is 0 Å². The minimum Gasteiger partial charge on any atom is -0.234 e. The summed E-state index contributed by atoms with van der Waals surface area (Å²) >= 11 is 8.27. The van der Waals surface area contributed by atoms with Gasteiger partial charge in [0.15, 0.2) is 6.13 Å². The number of alkyl halides is 5. The summed E-state index contributed by atoms with van der Waals surface area (Å²) in [7, 11) is 0. The molecule has 46 valence electrons. The van der Waals surface area contributed by atoms with Crippen LogP contribution in [0.3, 0.4) is 0 Å². The van der Waals surface area contributed by atoms with Crippen LogP contribution in [0.2, 0.25) is 0 Å². The molecule has 0 radical (unpaired) electrons. The fraction of sp³-hybridized carbons (Fsp3) is 1.00. The summed E-state index contributed by atoms with van der Waals surface area (Å²) in [5, 5.41) is 0. The minimum atomic E-state index is -2.69. The first-order valence-corrected chi connectivity index (χ1v) is 2.16. The van der Waals surface area contributed by atoms with Gasteiger partial charge in [-0.15, -0.1) is 0 Å². The Hall–Kier alpha value is 0.370. The molecule has 0 heterocycles. The second kappa shape index (κ2) is 9.62. The van der Waals surface area contributed by atoms with E-state index >= 15 is 0 Å². The zero-order chi connectivity index (χ0) is 6.28. The van der Waals surface area contributed by atoms with Crippen molar-refractivity contribution in [1.82, 2.24) is 0 Å². The fourth-order valence-corrected chi connectivity index (χ4v) is 0. The average Bonchev–Trinajstić information content (AvgIpc) is 1.33. The summed E-state index contributed by atoms with van der Waals surface area (Å²) in [6.07, 6.45) is -0.778. The molecule has 0 aromatic heterocycles. The molecule has 0 amide bonds. The normalized spacial score (nSPS) is 7.71. The van der Waals surface area contributed by atoms with Crippen LogP contribution < -0.4 is 0 Å². The molecule has 7 heavy (non-hydrogen) atoms. The third-order valence-electron chi connectivity index (χ3n) is 0. The first-order chi connectivity index (χ1) is 3.15. The lowest BCUT2D eigenvalue weighted by atomic mass is 11.7. The smallest absolute Gasteiger partial charge is 0.234 e. The van der Waals surface area contributed by atoms with Gasteiger partial charge in [-0.25, -0.2) is 4.39 Å². The van der Waals surface area contributed by atoms with Crippen LogP contribution in [0.1, 0.15) is 0 Å². The molecule has 0 atom stereocenters. The summed E-state index contributed by atoms with van der Waals surface area (Å²) in [5.41, 5.74) is 0. The molecular formula is C2H3Cl2F3. The maximum absolute atomic E-state index is 10.1. The van der Waals surface area contributed by atoms with E-state index in [9.17, 15) is 13.2 Å². The Morgan fingerprint density at radius 3 is 1.43 bits per heavy atom. The Kier molecular flexibility index (Phi) is 14.3. The Labute approximate surface area is 49.2 Å². The van der Waals surface area contributed by atoms with Gasteiger partial charge in [-0.2, -0.15) is 8.78 Å². The minimum absolute atomic E-state index is 0.778. The van der Waals surface area contributed by atoms with Crippen molar-refractivity contribution in [3.05, 3.63) is 0 Å². The van der Waals surface area contributed by atoms with Crippen LogP contribution in [0.25, 0.3) is 0 Å². The molecule has 5 heteroatoms. The molecule has 0 aliphatic heterocycles. The van der Waals surface area contributed by atoms with E-state index < -0.39 is 12.0 Å². The molecule has 0 N–H and O–H groups in total. The number of hydrogen-bond donors (Lipinski definition) is 0. The molecule has 0 saturated heterocycles. The lowest BCUT2D eigenvalue weighted by Crippen LogP contribution is -1.62. The molecule has 0 rings (SSSR count). The van der Waals surface area contributed by atoms with Crippen LogP contribution >= 0.6 is 23.2 Å². The molecule has 0 aliphatic rings. The quantitative estimate of drug-likeness (QED) is 0.471. The SMILES string of the molecule is FC(F)Cl.FCCl. The maximum Gasteiger partial charge on any atom is 0.312 e. The summed E-state index contributed by atoms with van der Waals surface area (Å²) in [5.74, 6) is -2.69. The van der Waals surface area contributed by atoms with Gasteiger partial charge >= 0.3 is 5.88 Å². The molecule has 0 aromatic rings. The first kappa shape index (κ1) is 10.4. The van der Waals surface area contributed by atoms with Gasteiger partial charge < -0.3 is 0 Å². The molecule has 0 bridgehead atoms. The van der Waals surface area contributed by atoms with Crippen LogP contribution in [0.5, 0.6) is 0 Å². The van der Waals surface area contributed by atoms with E-state index in [0.717, 1.165) is 0 Å². The van der Waals surface area contributed by atoms with E-state index in [1.165, 1.54) is 0 Å². The van der Waals surface area contributed by atoms with Gasteiger partial charge in [0, 0.05) is 0 Å². The lowest BCUT2D eigenvalue weighted by Gasteiger charge is -1.66. The molecule has 0 fully saturated rings. The second-order valence-corrected chi connectivity index (χ2v) is 0.880. The van der Waals surface area contributed by atoms with E-state index in [-0.39, 0.29) is 0 Å². The van der Waals surface area contributed by atoms with Crippen LogP contribution in [-0.2, 0) is 0 Å². The summed E-state index contributed by atoms with van der Waals surface area (Å²) in [4.78, 5) is 0. The molecule has 0 aromatic carbocycles. The highest BCUT2D eigenvalue weighted by Gasteiger charge is 1.83. The van der Waals surface area contributed by atoms with Crippen molar-refractivity contribution < 1.29 is 13.2 Å². The van der Waals surface area contributed by atoms with Crippen LogP contribution in [0.15, 0.2) is 0 Å².